The molecule has 42 heavy (non-hydrogen) atoms. The van der Waals surface area contributed by atoms with Crippen molar-refractivity contribution in [2.75, 3.05) is 0 Å². The minimum Gasteiger partial charge on any atom is -0.324 e. The summed E-state index contributed by atoms with van der Waals surface area (Å²) in [7, 11) is 0. The van der Waals surface area contributed by atoms with Crippen molar-refractivity contribution in [1.29, 1.82) is 0 Å². The van der Waals surface area contributed by atoms with Crippen molar-refractivity contribution in [3.8, 4) is 45.6 Å². The molecule has 2 aliphatic heterocycles. The number of nitrogens with zero attached hydrogens (tertiary/aromatic N) is 6. The zero-order chi connectivity index (χ0) is 27.1. The quantitative estimate of drug-likeness (QED) is 0.156. The summed E-state index contributed by atoms with van der Waals surface area (Å²) in [6.07, 6.45) is 0. The molecule has 2 N–H and O–H groups in total. The van der Waals surface area contributed by atoms with Crippen LogP contribution in [0.5, 0.6) is 0 Å². The maximum atomic E-state index is 6.73. The van der Waals surface area contributed by atoms with Crippen LogP contribution in [0.15, 0.2) is 91.0 Å². The van der Waals surface area contributed by atoms with E-state index in [0.717, 1.165) is 43.8 Å². The summed E-state index contributed by atoms with van der Waals surface area (Å²) < 4.78 is 0. The molecule has 0 fully saturated rings. The maximum absolute atomic E-state index is 6.73. The molecular weight excluding hydrogens is 729 g/mol. The number of rotatable bonds is 0. The number of halogens is 1. The fraction of sp³-hybridized carbons (Fsp3) is 0. The molecule has 2 aliphatic rings. The van der Waals surface area contributed by atoms with Crippen molar-refractivity contribution < 1.29 is 22.4 Å². The van der Waals surface area contributed by atoms with Crippen molar-refractivity contribution in [2.24, 2.45) is 0 Å². The fourth-order valence-electron chi connectivity index (χ4n) is 5.65. The minimum atomic E-state index is 0. The number of fused-ring (bicyclic) bond motifs is 20. The zero-order valence-electron chi connectivity index (χ0n) is 21.5. The number of aromatic amines is 2. The Morgan fingerprint density at radius 1 is 0.405 bits per heavy atom. The van der Waals surface area contributed by atoms with Crippen LogP contribution in [0.1, 0.15) is 0 Å². The Bertz CT molecular complexity index is 2410. The standard InChI is InChI=1S/C32H17ClN8.Au/c33-23-15-7-14-22-24(23)32-40-30-21-13-6-5-12-20(21)28(38-30)36-26-17-9-2-1-8-16(17)25(34-26)35-27-18-10-3-4-11-19(18)29(37-27)39-31(22)41-32;/h1-15H,(H2,34,35,36,37,38,39,40,41);/q;+1. The molecule has 0 radical (unpaired) electrons. The van der Waals surface area contributed by atoms with Crippen LogP contribution in [-0.4, -0.2) is 39.9 Å². The third kappa shape index (κ3) is 3.67. The van der Waals surface area contributed by atoms with E-state index in [1.807, 2.05) is 91.0 Å². The number of H-pyrrole nitrogens is 2. The Labute approximate surface area is 258 Å². The van der Waals surface area contributed by atoms with E-state index in [0.29, 0.717) is 50.9 Å². The van der Waals surface area contributed by atoms with E-state index in [1.54, 1.807) is 0 Å². The molecule has 3 aromatic heterocycles. The average Bonchev–Trinajstić information content (AvgIpc) is 3.73. The molecule has 202 valence electrons. The molecule has 8 bridgehead atoms. The first-order chi connectivity index (χ1) is 20.2. The van der Waals surface area contributed by atoms with Crippen LogP contribution in [0.4, 0.5) is 0 Å². The largest absolute Gasteiger partial charge is 1.00 e. The van der Waals surface area contributed by atoms with Gasteiger partial charge in [0.15, 0.2) is 23.3 Å². The van der Waals surface area contributed by atoms with Crippen molar-refractivity contribution in [3.63, 3.8) is 0 Å². The van der Waals surface area contributed by atoms with Crippen LogP contribution >= 0.6 is 11.6 Å². The number of hydrogen-bond acceptors (Lipinski definition) is 6. The molecule has 0 amide bonds. The summed E-state index contributed by atoms with van der Waals surface area (Å²) in [5.74, 6) is 2.24. The Balaban J connectivity index is 0.00000267. The first-order valence-electron chi connectivity index (χ1n) is 13.1. The van der Waals surface area contributed by atoms with Gasteiger partial charge in [-0.25, -0.2) is 29.9 Å². The summed E-state index contributed by atoms with van der Waals surface area (Å²) in [6, 6.07) is 29.7. The van der Waals surface area contributed by atoms with Crippen LogP contribution in [0.25, 0.3) is 89.7 Å². The molecule has 0 saturated carbocycles. The summed E-state index contributed by atoms with van der Waals surface area (Å²) in [5.41, 5.74) is 6.09. The Morgan fingerprint density at radius 3 is 1.29 bits per heavy atom. The van der Waals surface area contributed by atoms with E-state index >= 15 is 0 Å². The van der Waals surface area contributed by atoms with Crippen LogP contribution < -0.4 is 0 Å². The second-order valence-corrected chi connectivity index (χ2v) is 10.3. The Hall–Kier alpha value is -4.73. The predicted octanol–water partition coefficient (Wildman–Crippen LogP) is 7.52. The van der Waals surface area contributed by atoms with Crippen LogP contribution in [0.3, 0.4) is 0 Å². The third-order valence-corrected chi connectivity index (χ3v) is 7.84. The average molecular weight is 746 g/mol. The summed E-state index contributed by atoms with van der Waals surface area (Å²) >= 11 is 6.73. The molecular formula is C32H17AuClN8+. The van der Waals surface area contributed by atoms with Gasteiger partial charge in [0.2, 0.25) is 0 Å². The van der Waals surface area contributed by atoms with Crippen molar-refractivity contribution in [3.05, 3.63) is 96.0 Å². The molecule has 0 spiro atoms. The molecule has 0 saturated heterocycles. The maximum Gasteiger partial charge on any atom is 1.00 e. The van der Waals surface area contributed by atoms with Gasteiger partial charge in [-0.15, -0.1) is 0 Å². The normalized spacial score (nSPS) is 11.7. The van der Waals surface area contributed by atoms with Gasteiger partial charge in [-0.3, -0.25) is 0 Å². The van der Waals surface area contributed by atoms with Crippen molar-refractivity contribution >= 4 is 55.7 Å². The van der Waals surface area contributed by atoms with Gasteiger partial charge < -0.3 is 9.97 Å². The Kier molecular flexibility index (Phi) is 5.60. The van der Waals surface area contributed by atoms with Crippen LogP contribution in [0, 0.1) is 0 Å². The first-order valence-corrected chi connectivity index (χ1v) is 13.5. The van der Waals surface area contributed by atoms with E-state index in [9.17, 15) is 0 Å². The topological polar surface area (TPSA) is 109 Å². The fourth-order valence-corrected chi connectivity index (χ4v) is 5.91. The molecule has 0 unspecified atom stereocenters. The smallest absolute Gasteiger partial charge is 0.324 e. The molecule has 5 heterocycles. The molecule has 7 aromatic rings. The van der Waals surface area contributed by atoms with Gasteiger partial charge >= 0.3 is 22.4 Å². The van der Waals surface area contributed by atoms with Gasteiger partial charge in [0.1, 0.15) is 22.6 Å². The SMILES string of the molecule is Clc1cccc2c3nc4nc(nc5[nH]c(nc6nc(nc([nH]3)c12)-c1ccccc1-6)c1ccccc51)-c1ccccc1-4.[Au+]. The number of hydrogen-bond donors (Lipinski definition) is 2. The van der Waals surface area contributed by atoms with E-state index < -0.39 is 0 Å². The van der Waals surface area contributed by atoms with Crippen LogP contribution in [-0.2, 0) is 22.4 Å². The van der Waals surface area contributed by atoms with E-state index in [4.69, 9.17) is 41.5 Å². The molecule has 4 aromatic carbocycles. The molecule has 9 rings (SSSR count). The van der Waals surface area contributed by atoms with Gasteiger partial charge in [0, 0.05) is 43.8 Å². The summed E-state index contributed by atoms with van der Waals surface area (Å²) in [4.78, 5) is 36.6. The molecule has 0 atom stereocenters. The van der Waals surface area contributed by atoms with Gasteiger partial charge in [0.05, 0.1) is 5.02 Å². The number of benzene rings is 4. The molecule has 8 nitrogen and oxygen atoms in total. The van der Waals surface area contributed by atoms with E-state index in [2.05, 4.69) is 9.97 Å². The van der Waals surface area contributed by atoms with Crippen molar-refractivity contribution in [2.45, 2.75) is 0 Å². The van der Waals surface area contributed by atoms with Gasteiger partial charge in [-0.1, -0.05) is 96.5 Å². The molecule has 10 heteroatoms. The summed E-state index contributed by atoms with van der Waals surface area (Å²) in [6.45, 7) is 0. The minimum absolute atomic E-state index is 0. The zero-order valence-corrected chi connectivity index (χ0v) is 24.4. The predicted molar refractivity (Wildman–Crippen MR) is 161 cm³/mol. The van der Waals surface area contributed by atoms with Gasteiger partial charge in [-0.05, 0) is 6.07 Å². The van der Waals surface area contributed by atoms with E-state index in [-0.39, 0.29) is 22.4 Å². The second kappa shape index (κ2) is 9.40. The second-order valence-electron chi connectivity index (χ2n) is 9.91. The number of aromatic nitrogens is 8. The number of nitrogens with one attached hydrogen (secondary N) is 2. The van der Waals surface area contributed by atoms with Crippen LogP contribution in [0.2, 0.25) is 5.02 Å². The molecule has 0 aliphatic carbocycles. The van der Waals surface area contributed by atoms with Gasteiger partial charge in [-0.2, -0.15) is 0 Å². The first kappa shape index (κ1) is 25.0. The Morgan fingerprint density at radius 2 is 0.786 bits per heavy atom. The van der Waals surface area contributed by atoms with E-state index in [1.165, 1.54) is 0 Å². The third-order valence-electron chi connectivity index (χ3n) is 7.53. The summed E-state index contributed by atoms with van der Waals surface area (Å²) in [5, 5.41) is 4.05. The monoisotopic (exact) mass is 745 g/mol. The van der Waals surface area contributed by atoms with Gasteiger partial charge in [0.25, 0.3) is 0 Å². The van der Waals surface area contributed by atoms with Crippen molar-refractivity contribution in [1.82, 2.24) is 39.9 Å².